The number of rotatable bonds is 7. The van der Waals surface area contributed by atoms with E-state index in [-0.39, 0.29) is 11.4 Å². The Bertz CT molecular complexity index is 504. The number of urea groups is 1. The Labute approximate surface area is 137 Å². The van der Waals surface area contributed by atoms with Gasteiger partial charge in [0.05, 0.1) is 17.7 Å². The average molecular weight is 329 g/mol. The fourth-order valence-electron chi connectivity index (χ4n) is 2.22. The summed E-state index contributed by atoms with van der Waals surface area (Å²) in [6, 6.07) is 4.79. The maximum absolute atomic E-state index is 11.9. The smallest absolute Gasteiger partial charge is 0.319 e. The van der Waals surface area contributed by atoms with Crippen LogP contribution in [0.5, 0.6) is 5.75 Å². The van der Waals surface area contributed by atoms with Gasteiger partial charge in [0.15, 0.2) is 0 Å². The van der Waals surface area contributed by atoms with Crippen LogP contribution in [0.1, 0.15) is 34.1 Å². The number of hydrogen-bond acceptors (Lipinski definition) is 3. The van der Waals surface area contributed by atoms with Crippen LogP contribution in [0.3, 0.4) is 0 Å². The Morgan fingerprint density at radius 2 is 2.14 bits per heavy atom. The molecule has 0 radical (unpaired) electrons. The van der Waals surface area contributed by atoms with Gasteiger partial charge in [-0.2, -0.15) is 0 Å². The highest BCUT2D eigenvalue weighted by molar-refractivity contribution is 6.32. The first kappa shape index (κ1) is 18.6. The molecule has 1 unspecified atom stereocenters. The number of hydrogen-bond donors (Lipinski definition) is 3. The summed E-state index contributed by atoms with van der Waals surface area (Å²) in [7, 11) is 0. The molecule has 0 spiro atoms. The number of aliphatic hydroxyl groups is 1. The summed E-state index contributed by atoms with van der Waals surface area (Å²) in [6.45, 7) is 8.61. The van der Waals surface area contributed by atoms with Crippen LogP contribution in [0, 0.1) is 5.41 Å². The van der Waals surface area contributed by atoms with Crippen molar-refractivity contribution in [2.45, 2.75) is 40.2 Å². The Hall–Kier alpha value is -1.46. The number of carbonyl (C=O) groups excluding carboxylic acids is 1. The Kier molecular flexibility index (Phi) is 6.97. The molecule has 1 rings (SSSR count). The monoisotopic (exact) mass is 328 g/mol. The minimum absolute atomic E-state index is 0.179. The molecule has 5 nitrogen and oxygen atoms in total. The van der Waals surface area contributed by atoms with E-state index in [0.717, 1.165) is 0 Å². The van der Waals surface area contributed by atoms with Crippen molar-refractivity contribution in [2.75, 3.05) is 18.5 Å². The molecule has 22 heavy (non-hydrogen) atoms. The van der Waals surface area contributed by atoms with Crippen LogP contribution in [0.2, 0.25) is 5.02 Å². The molecule has 0 aliphatic rings. The Balaban J connectivity index is 2.53. The number of aliphatic hydroxyl groups excluding tert-OH is 1. The quantitative estimate of drug-likeness (QED) is 0.715. The summed E-state index contributed by atoms with van der Waals surface area (Å²) in [4.78, 5) is 11.9. The molecule has 124 valence electrons. The van der Waals surface area contributed by atoms with Crippen molar-refractivity contribution >= 4 is 23.3 Å². The maximum Gasteiger partial charge on any atom is 0.319 e. The fraction of sp³-hybridized carbons (Fsp3) is 0.562. The van der Waals surface area contributed by atoms with Gasteiger partial charge in [0.2, 0.25) is 0 Å². The van der Waals surface area contributed by atoms with Gasteiger partial charge in [-0.25, -0.2) is 4.79 Å². The SMILES string of the molecule is CCOc1ccc(NC(=O)NCC(C)(C)CC(C)O)cc1Cl. The number of carbonyl (C=O) groups is 1. The Morgan fingerprint density at radius 3 is 2.68 bits per heavy atom. The lowest BCUT2D eigenvalue weighted by atomic mass is 9.87. The number of amides is 2. The molecule has 0 aliphatic carbocycles. The predicted octanol–water partition coefficient (Wildman–Crippen LogP) is 3.66. The summed E-state index contributed by atoms with van der Waals surface area (Å²) in [5.74, 6) is 0.591. The highest BCUT2D eigenvalue weighted by Crippen LogP contribution is 2.27. The van der Waals surface area contributed by atoms with Gasteiger partial charge in [-0.3, -0.25) is 0 Å². The van der Waals surface area contributed by atoms with E-state index >= 15 is 0 Å². The third-order valence-corrected chi connectivity index (χ3v) is 3.36. The van der Waals surface area contributed by atoms with E-state index in [4.69, 9.17) is 16.3 Å². The van der Waals surface area contributed by atoms with Crippen molar-refractivity contribution in [1.29, 1.82) is 0 Å². The third-order valence-electron chi connectivity index (χ3n) is 3.07. The van der Waals surface area contributed by atoms with E-state index < -0.39 is 6.10 Å². The average Bonchev–Trinajstić information content (AvgIpc) is 2.38. The molecule has 2 amide bonds. The van der Waals surface area contributed by atoms with Crippen LogP contribution >= 0.6 is 11.6 Å². The number of anilines is 1. The lowest BCUT2D eigenvalue weighted by molar-refractivity contribution is 0.129. The van der Waals surface area contributed by atoms with E-state index in [1.165, 1.54) is 0 Å². The molecule has 1 aromatic rings. The molecule has 0 fully saturated rings. The van der Waals surface area contributed by atoms with Gasteiger partial charge < -0.3 is 20.5 Å². The number of nitrogens with one attached hydrogen (secondary N) is 2. The van der Waals surface area contributed by atoms with E-state index in [9.17, 15) is 9.90 Å². The van der Waals surface area contributed by atoms with Crippen LogP contribution in [-0.4, -0.2) is 30.4 Å². The first-order chi connectivity index (χ1) is 10.2. The second-order valence-electron chi connectivity index (χ2n) is 6.10. The van der Waals surface area contributed by atoms with E-state index in [2.05, 4.69) is 10.6 Å². The van der Waals surface area contributed by atoms with Crippen molar-refractivity contribution in [3.05, 3.63) is 23.2 Å². The zero-order valence-electron chi connectivity index (χ0n) is 13.6. The van der Waals surface area contributed by atoms with Crippen molar-refractivity contribution in [1.82, 2.24) is 5.32 Å². The van der Waals surface area contributed by atoms with Crippen LogP contribution in [0.15, 0.2) is 18.2 Å². The highest BCUT2D eigenvalue weighted by atomic mass is 35.5. The van der Waals surface area contributed by atoms with Crippen molar-refractivity contribution in [3.63, 3.8) is 0 Å². The molecular weight excluding hydrogens is 304 g/mol. The molecule has 0 saturated carbocycles. The lowest BCUT2D eigenvalue weighted by Gasteiger charge is -2.26. The minimum Gasteiger partial charge on any atom is -0.492 e. The molecule has 1 atom stereocenters. The highest BCUT2D eigenvalue weighted by Gasteiger charge is 2.21. The van der Waals surface area contributed by atoms with Crippen molar-refractivity contribution in [2.24, 2.45) is 5.41 Å². The van der Waals surface area contributed by atoms with Crippen LogP contribution in [0.25, 0.3) is 0 Å². The van der Waals surface area contributed by atoms with Crippen molar-refractivity contribution < 1.29 is 14.6 Å². The summed E-state index contributed by atoms with van der Waals surface area (Å²) in [5.41, 5.74) is 0.418. The molecule has 0 aliphatic heterocycles. The predicted molar refractivity (Wildman–Crippen MR) is 89.7 cm³/mol. The molecule has 0 bridgehead atoms. The normalized spacial score (nSPS) is 12.6. The van der Waals surface area contributed by atoms with Gasteiger partial charge in [-0.15, -0.1) is 0 Å². The molecule has 0 heterocycles. The first-order valence-corrected chi connectivity index (χ1v) is 7.76. The molecule has 3 N–H and O–H groups in total. The summed E-state index contributed by atoms with van der Waals surface area (Å²) in [5, 5.41) is 15.4. The first-order valence-electron chi connectivity index (χ1n) is 7.39. The minimum atomic E-state index is -0.398. The number of benzene rings is 1. The van der Waals surface area contributed by atoms with Gasteiger partial charge in [-0.05, 0) is 43.9 Å². The molecule has 1 aromatic carbocycles. The third kappa shape index (κ3) is 6.54. The second kappa shape index (κ2) is 8.25. The van der Waals surface area contributed by atoms with Gasteiger partial charge >= 0.3 is 6.03 Å². The maximum atomic E-state index is 11.9. The molecular formula is C16H25ClN2O3. The zero-order chi connectivity index (χ0) is 16.8. The largest absolute Gasteiger partial charge is 0.492 e. The zero-order valence-corrected chi connectivity index (χ0v) is 14.3. The van der Waals surface area contributed by atoms with E-state index in [1.807, 2.05) is 20.8 Å². The summed E-state index contributed by atoms with van der Waals surface area (Å²) in [6.07, 6.45) is 0.215. The van der Waals surface area contributed by atoms with Crippen LogP contribution in [0.4, 0.5) is 10.5 Å². The van der Waals surface area contributed by atoms with E-state index in [1.54, 1.807) is 25.1 Å². The molecule has 0 saturated heterocycles. The Morgan fingerprint density at radius 1 is 1.45 bits per heavy atom. The van der Waals surface area contributed by atoms with Gasteiger partial charge in [0.25, 0.3) is 0 Å². The standard InChI is InChI=1S/C16H25ClN2O3/c1-5-22-14-7-6-12(8-13(14)17)19-15(21)18-10-16(3,4)9-11(2)20/h6-8,11,20H,5,9-10H2,1-4H3,(H2,18,19,21). The molecule has 6 heteroatoms. The number of ether oxygens (including phenoxy) is 1. The van der Waals surface area contributed by atoms with E-state index in [0.29, 0.717) is 36.0 Å². The van der Waals surface area contributed by atoms with Gasteiger partial charge in [0, 0.05) is 12.2 Å². The lowest BCUT2D eigenvalue weighted by Crippen LogP contribution is -2.38. The molecule has 0 aromatic heterocycles. The van der Waals surface area contributed by atoms with Crippen molar-refractivity contribution in [3.8, 4) is 5.75 Å². The van der Waals surface area contributed by atoms with Gasteiger partial charge in [-0.1, -0.05) is 25.4 Å². The summed E-state index contributed by atoms with van der Waals surface area (Å²) < 4.78 is 5.34. The topological polar surface area (TPSA) is 70.6 Å². The summed E-state index contributed by atoms with van der Waals surface area (Å²) >= 11 is 6.07. The second-order valence-corrected chi connectivity index (χ2v) is 6.51. The fourth-order valence-corrected chi connectivity index (χ4v) is 2.45. The van der Waals surface area contributed by atoms with Crippen LogP contribution < -0.4 is 15.4 Å². The van der Waals surface area contributed by atoms with Crippen LogP contribution in [-0.2, 0) is 0 Å². The van der Waals surface area contributed by atoms with Gasteiger partial charge in [0.1, 0.15) is 5.75 Å². The number of halogens is 1.